The zero-order valence-corrected chi connectivity index (χ0v) is 24.6. The van der Waals surface area contributed by atoms with Gasteiger partial charge in [0.15, 0.2) is 5.76 Å². The molecule has 3 heterocycles. The van der Waals surface area contributed by atoms with Gasteiger partial charge in [-0.1, -0.05) is 19.8 Å². The van der Waals surface area contributed by atoms with Crippen LogP contribution in [0.4, 0.5) is 0 Å². The van der Waals surface area contributed by atoms with E-state index in [1.54, 1.807) is 29.9 Å². The summed E-state index contributed by atoms with van der Waals surface area (Å²) in [6.45, 7) is 3.14. The number of ether oxygens (including phenoxy) is 1. The fourth-order valence-corrected chi connectivity index (χ4v) is 5.34. The number of piperidine rings is 1. The zero-order valence-electron chi connectivity index (χ0n) is 24.6. The van der Waals surface area contributed by atoms with Crippen molar-refractivity contribution in [2.45, 2.75) is 76.4 Å². The van der Waals surface area contributed by atoms with E-state index in [-0.39, 0.29) is 23.5 Å². The topological polar surface area (TPSA) is 160 Å². The van der Waals surface area contributed by atoms with Crippen LogP contribution in [0.2, 0.25) is 0 Å². The summed E-state index contributed by atoms with van der Waals surface area (Å²) in [7, 11) is 3.24. The standard InChI is InChI=1S/C31H41N5O6/c1-4-21(37)8-6-5-7-9-24(35-29(39)23(32)18-31(40)12-14-33-15-13-31)30-34-19-27(42-30)22-16-20-10-11-28(38)36(2)25(20)17-26(22)41-3/h10-11,16-17,19,24,32-33,40H,4-9,12-15,18H2,1-3H3,(H,35,39)/t24-/m0/s1. The van der Waals surface area contributed by atoms with Crippen LogP contribution in [0.5, 0.6) is 5.75 Å². The van der Waals surface area contributed by atoms with E-state index in [4.69, 9.17) is 14.6 Å². The molecule has 3 aromatic rings. The maximum Gasteiger partial charge on any atom is 0.265 e. The molecule has 4 N–H and O–H groups in total. The van der Waals surface area contributed by atoms with Crippen LogP contribution >= 0.6 is 0 Å². The summed E-state index contributed by atoms with van der Waals surface area (Å²) >= 11 is 0. The number of benzene rings is 1. The summed E-state index contributed by atoms with van der Waals surface area (Å²) in [6, 6.07) is 6.28. The van der Waals surface area contributed by atoms with Crippen molar-refractivity contribution < 1.29 is 23.8 Å². The van der Waals surface area contributed by atoms with Gasteiger partial charge in [0.2, 0.25) is 5.89 Å². The van der Waals surface area contributed by atoms with Crippen LogP contribution < -0.4 is 20.9 Å². The molecule has 1 aliphatic heterocycles. The summed E-state index contributed by atoms with van der Waals surface area (Å²) in [4.78, 5) is 41.4. The number of aliphatic hydroxyl groups is 1. The number of rotatable bonds is 14. The fraction of sp³-hybridized carbons (Fsp3) is 0.516. The minimum absolute atomic E-state index is 0.0278. The molecule has 0 unspecified atom stereocenters. The van der Waals surface area contributed by atoms with Crippen molar-refractivity contribution >= 4 is 28.3 Å². The Bertz CT molecular complexity index is 1490. The molecule has 11 nitrogen and oxygen atoms in total. The van der Waals surface area contributed by atoms with Crippen LogP contribution in [0, 0.1) is 5.41 Å². The monoisotopic (exact) mass is 579 g/mol. The number of ketones is 1. The maximum atomic E-state index is 13.1. The number of carbonyl (C=O) groups excluding carboxylic acids is 2. The Morgan fingerprint density at radius 1 is 1.24 bits per heavy atom. The first kappa shape index (κ1) is 31.1. The molecule has 42 heavy (non-hydrogen) atoms. The number of hydrogen-bond donors (Lipinski definition) is 4. The Labute approximate surface area is 245 Å². The molecule has 0 radical (unpaired) electrons. The van der Waals surface area contributed by atoms with Crippen molar-refractivity contribution in [3.8, 4) is 17.1 Å². The number of nitrogens with zero attached hydrogens (tertiary/aromatic N) is 2. The average molecular weight is 580 g/mol. The Hall–Kier alpha value is -3.83. The molecule has 226 valence electrons. The lowest BCUT2D eigenvalue weighted by atomic mass is 9.87. The number of Topliss-reactive ketones (excluding diaryl/α,β-unsaturated/α-hetero) is 1. The highest BCUT2D eigenvalue weighted by Gasteiger charge is 2.33. The van der Waals surface area contributed by atoms with Crippen LogP contribution in [0.25, 0.3) is 22.2 Å². The van der Waals surface area contributed by atoms with Crippen molar-refractivity contribution in [3.63, 3.8) is 0 Å². The lowest BCUT2D eigenvalue weighted by Gasteiger charge is -2.32. The smallest absolute Gasteiger partial charge is 0.265 e. The third kappa shape index (κ3) is 7.51. The molecular weight excluding hydrogens is 538 g/mol. The number of aryl methyl sites for hydroxylation is 1. The van der Waals surface area contributed by atoms with E-state index < -0.39 is 17.6 Å². The highest BCUT2D eigenvalue weighted by Crippen LogP contribution is 2.35. The average Bonchev–Trinajstić information content (AvgIpc) is 3.47. The van der Waals surface area contributed by atoms with E-state index in [0.717, 1.165) is 24.6 Å². The molecule has 1 aliphatic rings. The van der Waals surface area contributed by atoms with Gasteiger partial charge in [0.25, 0.3) is 11.5 Å². The number of hydrogen-bond acceptors (Lipinski definition) is 9. The van der Waals surface area contributed by atoms with Crippen molar-refractivity contribution in [3.05, 3.63) is 46.7 Å². The minimum Gasteiger partial charge on any atom is -0.496 e. The Morgan fingerprint density at radius 2 is 2.00 bits per heavy atom. The quantitative estimate of drug-likeness (QED) is 0.166. The third-order valence-corrected chi connectivity index (χ3v) is 8.00. The number of amides is 1. The van der Waals surface area contributed by atoms with E-state index in [9.17, 15) is 19.5 Å². The van der Waals surface area contributed by atoms with Crippen LogP contribution in [0.3, 0.4) is 0 Å². The van der Waals surface area contributed by atoms with E-state index >= 15 is 0 Å². The first-order valence-corrected chi connectivity index (χ1v) is 14.6. The van der Waals surface area contributed by atoms with Crippen molar-refractivity contribution in [1.29, 1.82) is 5.41 Å². The summed E-state index contributed by atoms with van der Waals surface area (Å²) in [6.07, 6.45) is 6.34. The highest BCUT2D eigenvalue weighted by molar-refractivity contribution is 6.37. The summed E-state index contributed by atoms with van der Waals surface area (Å²) in [5, 5.41) is 26.2. The number of fused-ring (bicyclic) bond motifs is 1. The largest absolute Gasteiger partial charge is 0.496 e. The number of pyridine rings is 1. The third-order valence-electron chi connectivity index (χ3n) is 8.00. The molecule has 1 aromatic carbocycles. The zero-order chi connectivity index (χ0) is 30.3. The number of unbranched alkanes of at least 4 members (excludes halogenated alkanes) is 2. The molecule has 1 fully saturated rings. The van der Waals surface area contributed by atoms with Crippen LogP contribution in [-0.2, 0) is 16.6 Å². The van der Waals surface area contributed by atoms with Gasteiger partial charge >= 0.3 is 0 Å². The minimum atomic E-state index is -1.08. The maximum absolute atomic E-state index is 13.1. The first-order chi connectivity index (χ1) is 20.1. The molecule has 11 heteroatoms. The van der Waals surface area contributed by atoms with E-state index in [2.05, 4.69) is 15.6 Å². The molecule has 1 saturated heterocycles. The van der Waals surface area contributed by atoms with Gasteiger partial charge < -0.3 is 29.5 Å². The lowest BCUT2D eigenvalue weighted by Crippen LogP contribution is -2.45. The number of oxazole rings is 1. The Morgan fingerprint density at radius 3 is 2.71 bits per heavy atom. The van der Waals surface area contributed by atoms with Gasteiger partial charge in [-0.05, 0) is 56.3 Å². The molecule has 1 amide bonds. The number of aromatic nitrogens is 2. The van der Waals surface area contributed by atoms with E-state index in [1.165, 1.54) is 13.2 Å². The highest BCUT2D eigenvalue weighted by atomic mass is 16.5. The van der Waals surface area contributed by atoms with Gasteiger partial charge in [-0.15, -0.1) is 0 Å². The summed E-state index contributed by atoms with van der Waals surface area (Å²) in [5.41, 5.74) is -0.0381. The van der Waals surface area contributed by atoms with Gasteiger partial charge in [-0.2, -0.15) is 0 Å². The normalized spacial score (nSPS) is 15.3. The van der Waals surface area contributed by atoms with Gasteiger partial charge in [0.05, 0.1) is 35.7 Å². The van der Waals surface area contributed by atoms with Crippen molar-refractivity contribution in [1.82, 2.24) is 20.2 Å². The SMILES string of the molecule is CCC(=O)CCCCC[C@H](NC(=O)C(=N)CC1(O)CCNCC1)c1ncc(-c2cc3ccc(=O)n(C)c3cc2OC)o1. The molecule has 4 rings (SSSR count). The Balaban J connectivity index is 1.55. The second-order valence-electron chi connectivity index (χ2n) is 11.1. The number of methoxy groups -OCH3 is 1. The predicted molar refractivity (Wildman–Crippen MR) is 160 cm³/mol. The second kappa shape index (κ2) is 13.9. The number of nitrogens with one attached hydrogen (secondary N) is 3. The van der Waals surface area contributed by atoms with Crippen molar-refractivity contribution in [2.24, 2.45) is 7.05 Å². The van der Waals surface area contributed by atoms with Gasteiger partial charge in [-0.3, -0.25) is 19.8 Å². The molecule has 2 aromatic heterocycles. The van der Waals surface area contributed by atoms with Gasteiger partial charge in [-0.25, -0.2) is 4.98 Å². The van der Waals surface area contributed by atoms with Gasteiger partial charge in [0.1, 0.15) is 17.6 Å². The number of carbonyl (C=O) groups is 2. The summed E-state index contributed by atoms with van der Waals surface area (Å²) in [5.74, 6) is 0.885. The second-order valence-corrected chi connectivity index (χ2v) is 11.1. The molecule has 1 atom stereocenters. The van der Waals surface area contributed by atoms with Crippen molar-refractivity contribution in [2.75, 3.05) is 20.2 Å². The fourth-order valence-electron chi connectivity index (χ4n) is 5.34. The lowest BCUT2D eigenvalue weighted by molar-refractivity contribution is -0.119. The first-order valence-electron chi connectivity index (χ1n) is 14.6. The molecule has 0 saturated carbocycles. The molecular formula is C31H41N5O6. The predicted octanol–water partition coefficient (Wildman–Crippen LogP) is 3.81. The van der Waals surface area contributed by atoms with E-state index in [1.807, 2.05) is 13.0 Å². The Kier molecular flexibility index (Phi) is 10.3. The van der Waals surface area contributed by atoms with Crippen LogP contribution in [0.1, 0.15) is 76.6 Å². The van der Waals surface area contributed by atoms with Crippen LogP contribution in [0.15, 0.2) is 39.7 Å². The molecule has 0 spiro atoms. The van der Waals surface area contributed by atoms with Gasteiger partial charge in [0, 0.05) is 38.4 Å². The molecule has 0 aliphatic carbocycles. The van der Waals surface area contributed by atoms with E-state index in [0.29, 0.717) is 73.7 Å². The van der Waals surface area contributed by atoms with Crippen LogP contribution in [-0.4, -0.2) is 57.9 Å². The summed E-state index contributed by atoms with van der Waals surface area (Å²) < 4.78 is 13.3. The molecule has 0 bridgehead atoms.